The number of rotatable bonds is 2. The molecule has 15 heavy (non-hydrogen) atoms. The van der Waals surface area contributed by atoms with Crippen LogP contribution in [0.1, 0.15) is 55.2 Å². The fourth-order valence-electron chi connectivity index (χ4n) is 2.09. The first-order valence-corrected chi connectivity index (χ1v) is 5.82. The minimum Gasteiger partial charge on any atom is -0.319 e. The van der Waals surface area contributed by atoms with E-state index >= 15 is 0 Å². The SMILES string of the molecule is Cc1cc(C2CCC2)nc(C2(N)CC2)n1. The van der Waals surface area contributed by atoms with E-state index in [1.54, 1.807) is 0 Å². The van der Waals surface area contributed by atoms with Crippen molar-refractivity contribution in [3.05, 3.63) is 23.3 Å². The Morgan fingerprint density at radius 2 is 2.07 bits per heavy atom. The zero-order valence-corrected chi connectivity index (χ0v) is 9.16. The molecule has 0 radical (unpaired) electrons. The molecular formula is C12H17N3. The maximum atomic E-state index is 6.14. The van der Waals surface area contributed by atoms with Crippen molar-refractivity contribution in [2.45, 2.75) is 50.5 Å². The van der Waals surface area contributed by atoms with Gasteiger partial charge in [-0.15, -0.1) is 0 Å². The second kappa shape index (κ2) is 3.01. The third-order valence-electron chi connectivity index (χ3n) is 3.63. The number of hydrogen-bond donors (Lipinski definition) is 1. The fraction of sp³-hybridized carbons (Fsp3) is 0.667. The molecule has 0 saturated heterocycles. The maximum absolute atomic E-state index is 6.14. The first-order chi connectivity index (χ1) is 7.17. The van der Waals surface area contributed by atoms with Crippen molar-refractivity contribution in [2.75, 3.05) is 0 Å². The van der Waals surface area contributed by atoms with Crippen LogP contribution in [0.25, 0.3) is 0 Å². The molecule has 0 aromatic carbocycles. The minimum absolute atomic E-state index is 0.190. The van der Waals surface area contributed by atoms with Crippen molar-refractivity contribution in [2.24, 2.45) is 5.73 Å². The first-order valence-electron chi connectivity index (χ1n) is 5.82. The molecule has 0 unspecified atom stereocenters. The molecule has 1 heterocycles. The van der Waals surface area contributed by atoms with Crippen LogP contribution in [0.5, 0.6) is 0 Å². The van der Waals surface area contributed by atoms with Gasteiger partial charge in [-0.2, -0.15) is 0 Å². The number of nitrogens with zero attached hydrogens (tertiary/aromatic N) is 2. The third-order valence-corrected chi connectivity index (χ3v) is 3.63. The van der Waals surface area contributed by atoms with Crippen LogP contribution in [0.15, 0.2) is 6.07 Å². The van der Waals surface area contributed by atoms with Crippen LogP contribution >= 0.6 is 0 Å². The molecule has 80 valence electrons. The van der Waals surface area contributed by atoms with Crippen LogP contribution in [0.3, 0.4) is 0 Å². The van der Waals surface area contributed by atoms with Gasteiger partial charge in [0.05, 0.1) is 5.54 Å². The predicted octanol–water partition coefficient (Wildman–Crippen LogP) is 2.00. The molecule has 2 saturated carbocycles. The van der Waals surface area contributed by atoms with Crippen LogP contribution < -0.4 is 5.73 Å². The van der Waals surface area contributed by atoms with E-state index in [9.17, 15) is 0 Å². The highest BCUT2D eigenvalue weighted by Crippen LogP contribution is 2.42. The molecule has 0 atom stereocenters. The van der Waals surface area contributed by atoms with Crippen molar-refractivity contribution in [1.29, 1.82) is 0 Å². The van der Waals surface area contributed by atoms with Gasteiger partial charge in [0.1, 0.15) is 5.82 Å². The van der Waals surface area contributed by atoms with Crippen LogP contribution in [-0.4, -0.2) is 9.97 Å². The fourth-order valence-corrected chi connectivity index (χ4v) is 2.09. The van der Waals surface area contributed by atoms with Crippen molar-refractivity contribution in [1.82, 2.24) is 9.97 Å². The van der Waals surface area contributed by atoms with Gasteiger partial charge in [-0.1, -0.05) is 6.42 Å². The summed E-state index contributed by atoms with van der Waals surface area (Å²) in [6, 6.07) is 2.12. The Labute approximate surface area is 90.1 Å². The lowest BCUT2D eigenvalue weighted by Gasteiger charge is -2.25. The molecule has 2 fully saturated rings. The van der Waals surface area contributed by atoms with E-state index in [-0.39, 0.29) is 5.54 Å². The topological polar surface area (TPSA) is 51.8 Å². The first kappa shape index (κ1) is 9.28. The monoisotopic (exact) mass is 203 g/mol. The molecule has 0 amide bonds. The summed E-state index contributed by atoms with van der Waals surface area (Å²) >= 11 is 0. The zero-order valence-electron chi connectivity index (χ0n) is 9.16. The predicted molar refractivity (Wildman–Crippen MR) is 58.5 cm³/mol. The lowest BCUT2D eigenvalue weighted by atomic mass is 9.82. The smallest absolute Gasteiger partial charge is 0.148 e. The maximum Gasteiger partial charge on any atom is 0.148 e. The summed E-state index contributed by atoms with van der Waals surface area (Å²) in [4.78, 5) is 9.13. The molecule has 2 aliphatic rings. The molecule has 1 aromatic rings. The number of nitrogens with two attached hydrogens (primary N) is 1. The molecule has 2 N–H and O–H groups in total. The molecule has 2 aliphatic carbocycles. The van der Waals surface area contributed by atoms with Crippen LogP contribution in [-0.2, 0) is 5.54 Å². The Hall–Kier alpha value is -0.960. The van der Waals surface area contributed by atoms with Crippen LogP contribution in [0.2, 0.25) is 0 Å². The average Bonchev–Trinajstić information content (AvgIpc) is 2.81. The molecule has 0 bridgehead atoms. The van der Waals surface area contributed by atoms with E-state index in [1.807, 2.05) is 6.92 Å². The summed E-state index contributed by atoms with van der Waals surface area (Å²) in [5.41, 5.74) is 8.24. The van der Waals surface area contributed by atoms with Crippen molar-refractivity contribution < 1.29 is 0 Å². The number of hydrogen-bond acceptors (Lipinski definition) is 3. The summed E-state index contributed by atoms with van der Waals surface area (Å²) in [7, 11) is 0. The molecule has 3 nitrogen and oxygen atoms in total. The van der Waals surface area contributed by atoms with Gasteiger partial charge in [-0.05, 0) is 38.7 Å². The van der Waals surface area contributed by atoms with Crippen LogP contribution in [0, 0.1) is 6.92 Å². The van der Waals surface area contributed by atoms with E-state index in [4.69, 9.17) is 5.73 Å². The Morgan fingerprint density at radius 3 is 2.60 bits per heavy atom. The van der Waals surface area contributed by atoms with Gasteiger partial charge >= 0.3 is 0 Å². The molecule has 3 heteroatoms. The van der Waals surface area contributed by atoms with Gasteiger partial charge in [0.25, 0.3) is 0 Å². The normalized spacial score (nSPS) is 23.6. The highest BCUT2D eigenvalue weighted by molar-refractivity contribution is 5.22. The molecule has 1 aromatic heterocycles. The third kappa shape index (κ3) is 1.55. The minimum atomic E-state index is -0.190. The number of aryl methyl sites for hydroxylation is 1. The van der Waals surface area contributed by atoms with Gasteiger partial charge in [0.2, 0.25) is 0 Å². The summed E-state index contributed by atoms with van der Waals surface area (Å²) in [6.07, 6.45) is 6.00. The Balaban J connectivity index is 1.97. The van der Waals surface area contributed by atoms with Gasteiger partial charge in [-0.3, -0.25) is 0 Å². The lowest BCUT2D eigenvalue weighted by molar-refractivity contribution is 0.407. The van der Waals surface area contributed by atoms with E-state index in [0.717, 1.165) is 24.4 Å². The summed E-state index contributed by atoms with van der Waals surface area (Å²) in [6.45, 7) is 2.04. The van der Waals surface area contributed by atoms with Gasteiger partial charge in [0, 0.05) is 17.3 Å². The largest absolute Gasteiger partial charge is 0.319 e. The van der Waals surface area contributed by atoms with E-state index in [0.29, 0.717) is 5.92 Å². The van der Waals surface area contributed by atoms with E-state index < -0.39 is 0 Å². The van der Waals surface area contributed by atoms with Crippen molar-refractivity contribution >= 4 is 0 Å². The average molecular weight is 203 g/mol. The second-order valence-corrected chi connectivity index (χ2v) is 5.04. The highest BCUT2D eigenvalue weighted by Gasteiger charge is 2.43. The summed E-state index contributed by atoms with van der Waals surface area (Å²) in [5.74, 6) is 1.55. The van der Waals surface area contributed by atoms with Gasteiger partial charge < -0.3 is 5.73 Å². The summed E-state index contributed by atoms with van der Waals surface area (Å²) < 4.78 is 0. The second-order valence-electron chi connectivity index (χ2n) is 5.04. The molecule has 0 aliphatic heterocycles. The number of aromatic nitrogens is 2. The van der Waals surface area contributed by atoms with Crippen molar-refractivity contribution in [3.8, 4) is 0 Å². The standard InChI is InChI=1S/C12H17N3/c1-8-7-10(9-3-2-4-9)15-11(14-8)12(13)5-6-12/h7,9H,2-6,13H2,1H3. The van der Waals surface area contributed by atoms with Crippen LogP contribution in [0.4, 0.5) is 0 Å². The summed E-state index contributed by atoms with van der Waals surface area (Å²) in [5, 5.41) is 0. The Kier molecular flexibility index (Phi) is 1.87. The van der Waals surface area contributed by atoms with E-state index in [1.165, 1.54) is 25.0 Å². The van der Waals surface area contributed by atoms with E-state index in [2.05, 4.69) is 16.0 Å². The molecule has 3 rings (SSSR count). The zero-order chi connectivity index (χ0) is 10.5. The van der Waals surface area contributed by atoms with Gasteiger partial charge in [0.15, 0.2) is 0 Å². The Bertz CT molecular complexity index is 392. The highest BCUT2D eigenvalue weighted by atomic mass is 15.0. The van der Waals surface area contributed by atoms with Gasteiger partial charge in [-0.25, -0.2) is 9.97 Å². The Morgan fingerprint density at radius 1 is 1.33 bits per heavy atom. The lowest BCUT2D eigenvalue weighted by Crippen LogP contribution is -2.24. The quantitative estimate of drug-likeness (QED) is 0.799. The molecule has 0 spiro atoms. The van der Waals surface area contributed by atoms with Crippen molar-refractivity contribution in [3.63, 3.8) is 0 Å². The molecular weight excluding hydrogens is 186 g/mol.